The van der Waals surface area contributed by atoms with Gasteiger partial charge in [0.25, 0.3) is 0 Å². The first-order valence-corrected chi connectivity index (χ1v) is 7.20. The van der Waals surface area contributed by atoms with Crippen LogP contribution in [0.5, 0.6) is 0 Å². The molecule has 0 radical (unpaired) electrons. The number of rotatable bonds is 3. The van der Waals surface area contributed by atoms with E-state index in [9.17, 15) is 0 Å². The molecule has 2 atom stereocenters. The van der Waals surface area contributed by atoms with Crippen LogP contribution in [0.1, 0.15) is 37.6 Å². The predicted molar refractivity (Wildman–Crippen MR) is 71.0 cm³/mol. The Bertz CT molecular complexity index is 297. The molecule has 0 aliphatic carbocycles. The Hall–Kier alpha value is -0.380. The third-order valence-corrected chi connectivity index (χ3v) is 4.55. The molecule has 0 spiro atoms. The van der Waals surface area contributed by atoms with Gasteiger partial charge in [0.2, 0.25) is 0 Å². The Morgan fingerprint density at radius 1 is 1.62 bits per heavy atom. The first-order valence-electron chi connectivity index (χ1n) is 6.32. The number of hydrogen-bond donors (Lipinski definition) is 1. The summed E-state index contributed by atoms with van der Waals surface area (Å²) in [5, 5.41) is 5.80. The van der Waals surface area contributed by atoms with E-state index in [1.165, 1.54) is 37.4 Å². The van der Waals surface area contributed by atoms with E-state index in [2.05, 4.69) is 41.6 Å². The first-order chi connectivity index (χ1) is 7.81. The second-order valence-corrected chi connectivity index (χ2v) is 5.58. The standard InChI is InChI=1S/C13H22N2S/c1-3-12-10-15(8-5-7-14-12)11(2)13-6-4-9-16-13/h4,6,9,11-12,14H,3,5,7-8,10H2,1-2H3. The van der Waals surface area contributed by atoms with E-state index in [1.54, 1.807) is 0 Å². The fourth-order valence-corrected chi connectivity index (χ4v) is 3.18. The van der Waals surface area contributed by atoms with Gasteiger partial charge in [-0.05, 0) is 37.8 Å². The van der Waals surface area contributed by atoms with E-state index < -0.39 is 0 Å². The van der Waals surface area contributed by atoms with Crippen LogP contribution in [0.4, 0.5) is 0 Å². The molecular formula is C13H22N2S. The summed E-state index contributed by atoms with van der Waals surface area (Å²) in [6.07, 6.45) is 2.50. The van der Waals surface area contributed by atoms with Crippen LogP contribution >= 0.6 is 11.3 Å². The molecule has 2 nitrogen and oxygen atoms in total. The minimum atomic E-state index is 0.578. The van der Waals surface area contributed by atoms with Gasteiger partial charge in [-0.25, -0.2) is 0 Å². The lowest BCUT2D eigenvalue weighted by Crippen LogP contribution is -2.38. The van der Waals surface area contributed by atoms with Gasteiger partial charge < -0.3 is 5.32 Å². The fourth-order valence-electron chi connectivity index (χ4n) is 2.36. The summed E-state index contributed by atoms with van der Waals surface area (Å²) in [5.74, 6) is 0. The van der Waals surface area contributed by atoms with Gasteiger partial charge in [0.1, 0.15) is 0 Å². The quantitative estimate of drug-likeness (QED) is 0.871. The van der Waals surface area contributed by atoms with Crippen molar-refractivity contribution in [2.45, 2.75) is 38.8 Å². The molecule has 1 N–H and O–H groups in total. The number of nitrogens with zero attached hydrogens (tertiary/aromatic N) is 1. The third-order valence-electron chi connectivity index (χ3n) is 3.51. The molecule has 1 aliphatic heterocycles. The van der Waals surface area contributed by atoms with E-state index >= 15 is 0 Å². The van der Waals surface area contributed by atoms with Gasteiger partial charge in [-0.1, -0.05) is 13.0 Å². The lowest BCUT2D eigenvalue weighted by atomic mass is 10.1. The second-order valence-electron chi connectivity index (χ2n) is 4.60. The molecule has 1 aromatic rings. The van der Waals surface area contributed by atoms with Gasteiger partial charge in [0.15, 0.2) is 0 Å². The highest BCUT2D eigenvalue weighted by atomic mass is 32.1. The molecular weight excluding hydrogens is 216 g/mol. The molecule has 3 heteroatoms. The Balaban J connectivity index is 2.01. The monoisotopic (exact) mass is 238 g/mol. The van der Waals surface area contributed by atoms with Gasteiger partial charge in [0.05, 0.1) is 0 Å². The molecule has 0 bridgehead atoms. The molecule has 0 aromatic carbocycles. The predicted octanol–water partition coefficient (Wildman–Crippen LogP) is 2.88. The summed E-state index contributed by atoms with van der Waals surface area (Å²) in [6, 6.07) is 5.66. The third kappa shape index (κ3) is 2.84. The Morgan fingerprint density at radius 2 is 2.50 bits per heavy atom. The van der Waals surface area contributed by atoms with Crippen molar-refractivity contribution in [3.63, 3.8) is 0 Å². The Labute approximate surface area is 103 Å². The second kappa shape index (κ2) is 5.80. The van der Waals surface area contributed by atoms with Crippen LogP contribution in [0.25, 0.3) is 0 Å². The molecule has 0 saturated carbocycles. The van der Waals surface area contributed by atoms with Crippen molar-refractivity contribution in [1.29, 1.82) is 0 Å². The summed E-state index contributed by atoms with van der Waals surface area (Å²) in [4.78, 5) is 4.12. The van der Waals surface area contributed by atoms with E-state index in [1.807, 2.05) is 11.3 Å². The Kier molecular flexibility index (Phi) is 4.38. The van der Waals surface area contributed by atoms with E-state index in [4.69, 9.17) is 0 Å². The van der Waals surface area contributed by atoms with Crippen molar-refractivity contribution in [2.75, 3.05) is 19.6 Å². The number of hydrogen-bond acceptors (Lipinski definition) is 3. The maximum absolute atomic E-state index is 3.62. The van der Waals surface area contributed by atoms with Crippen LogP contribution in [0, 0.1) is 0 Å². The highest BCUT2D eigenvalue weighted by Crippen LogP contribution is 2.25. The maximum atomic E-state index is 3.62. The van der Waals surface area contributed by atoms with Gasteiger partial charge >= 0.3 is 0 Å². The SMILES string of the molecule is CCC1CN(C(C)c2cccs2)CCCN1. The summed E-state index contributed by atoms with van der Waals surface area (Å²) in [7, 11) is 0. The zero-order chi connectivity index (χ0) is 11.4. The van der Waals surface area contributed by atoms with E-state index in [-0.39, 0.29) is 0 Å². The van der Waals surface area contributed by atoms with Crippen LogP contribution in [-0.4, -0.2) is 30.6 Å². The molecule has 1 saturated heterocycles. The zero-order valence-electron chi connectivity index (χ0n) is 10.3. The average Bonchev–Trinajstić information content (AvgIpc) is 2.73. The number of nitrogens with one attached hydrogen (secondary N) is 1. The smallest absolute Gasteiger partial charge is 0.0413 e. The van der Waals surface area contributed by atoms with Gasteiger partial charge in [0, 0.05) is 30.1 Å². The normalized spacial score (nSPS) is 25.2. The minimum Gasteiger partial charge on any atom is -0.313 e. The minimum absolute atomic E-state index is 0.578. The lowest BCUT2D eigenvalue weighted by molar-refractivity contribution is 0.208. The number of thiophene rings is 1. The summed E-state index contributed by atoms with van der Waals surface area (Å²) < 4.78 is 0. The van der Waals surface area contributed by atoms with Crippen molar-refractivity contribution in [3.05, 3.63) is 22.4 Å². The van der Waals surface area contributed by atoms with Crippen molar-refractivity contribution in [3.8, 4) is 0 Å². The van der Waals surface area contributed by atoms with Gasteiger partial charge in [-0.2, -0.15) is 0 Å². The Morgan fingerprint density at radius 3 is 3.19 bits per heavy atom. The molecule has 2 heterocycles. The van der Waals surface area contributed by atoms with Crippen LogP contribution in [0.15, 0.2) is 17.5 Å². The first kappa shape index (κ1) is 12.1. The van der Waals surface area contributed by atoms with Crippen LogP contribution in [0.3, 0.4) is 0 Å². The van der Waals surface area contributed by atoms with Gasteiger partial charge in [-0.15, -0.1) is 11.3 Å². The molecule has 1 aliphatic rings. The van der Waals surface area contributed by atoms with Crippen molar-refractivity contribution in [1.82, 2.24) is 10.2 Å². The van der Waals surface area contributed by atoms with E-state index in [0.29, 0.717) is 12.1 Å². The fraction of sp³-hybridized carbons (Fsp3) is 0.692. The zero-order valence-corrected chi connectivity index (χ0v) is 11.1. The molecule has 1 aromatic heterocycles. The topological polar surface area (TPSA) is 15.3 Å². The van der Waals surface area contributed by atoms with Crippen LogP contribution in [0.2, 0.25) is 0 Å². The van der Waals surface area contributed by atoms with Crippen molar-refractivity contribution < 1.29 is 0 Å². The largest absolute Gasteiger partial charge is 0.313 e. The highest BCUT2D eigenvalue weighted by Gasteiger charge is 2.21. The molecule has 90 valence electrons. The summed E-state index contributed by atoms with van der Waals surface area (Å²) >= 11 is 1.88. The molecule has 0 amide bonds. The van der Waals surface area contributed by atoms with Crippen molar-refractivity contribution >= 4 is 11.3 Å². The molecule has 1 fully saturated rings. The van der Waals surface area contributed by atoms with E-state index in [0.717, 1.165) is 0 Å². The maximum Gasteiger partial charge on any atom is 0.0413 e. The molecule has 2 unspecified atom stereocenters. The lowest BCUT2D eigenvalue weighted by Gasteiger charge is -2.29. The molecule has 16 heavy (non-hydrogen) atoms. The highest BCUT2D eigenvalue weighted by molar-refractivity contribution is 7.10. The average molecular weight is 238 g/mol. The summed E-state index contributed by atoms with van der Waals surface area (Å²) in [6.45, 7) is 8.20. The molecule has 2 rings (SSSR count). The van der Waals surface area contributed by atoms with Crippen LogP contribution in [-0.2, 0) is 0 Å². The van der Waals surface area contributed by atoms with Crippen LogP contribution < -0.4 is 5.32 Å². The summed E-state index contributed by atoms with van der Waals surface area (Å²) in [5.41, 5.74) is 0. The van der Waals surface area contributed by atoms with Gasteiger partial charge in [-0.3, -0.25) is 4.90 Å². The van der Waals surface area contributed by atoms with Crippen molar-refractivity contribution in [2.24, 2.45) is 0 Å².